The fourth-order valence-corrected chi connectivity index (χ4v) is 3.46. The summed E-state index contributed by atoms with van der Waals surface area (Å²) in [6.45, 7) is 3.55. The van der Waals surface area contributed by atoms with Gasteiger partial charge in [-0.2, -0.15) is 0 Å². The quantitative estimate of drug-likeness (QED) is 0.911. The van der Waals surface area contributed by atoms with Gasteiger partial charge in [0.1, 0.15) is 5.76 Å². The number of aryl methyl sites for hydroxylation is 1. The van der Waals surface area contributed by atoms with Crippen molar-refractivity contribution >= 4 is 0 Å². The van der Waals surface area contributed by atoms with E-state index in [2.05, 4.69) is 10.3 Å². The molecule has 1 unspecified atom stereocenters. The molecule has 1 spiro atoms. The highest BCUT2D eigenvalue weighted by Gasteiger charge is 2.38. The second-order valence-electron chi connectivity index (χ2n) is 6.03. The molecule has 1 saturated carbocycles. The fourth-order valence-electron chi connectivity index (χ4n) is 3.46. The Balaban J connectivity index is 1.53. The van der Waals surface area contributed by atoms with Crippen LogP contribution in [0.3, 0.4) is 0 Å². The van der Waals surface area contributed by atoms with E-state index in [4.69, 9.17) is 9.15 Å². The molecule has 1 aromatic heterocycles. The molecule has 1 N–H and O–H groups in total. The lowest BCUT2D eigenvalue weighted by atomic mass is 9.78. The maximum atomic E-state index is 6.11. The molecule has 3 rings (SSSR count). The summed E-state index contributed by atoms with van der Waals surface area (Å²) in [5, 5.41) is 3.59. The summed E-state index contributed by atoms with van der Waals surface area (Å²) in [5.41, 5.74) is 0.167. The number of nitrogens with one attached hydrogen (secondary N) is 1. The van der Waals surface area contributed by atoms with Gasteiger partial charge in [-0.15, -0.1) is 0 Å². The standard InChI is InChI=1S/C15H24N2O2/c1-12-10-17-14(19-12)11-16-13-5-8-18-15(9-13)6-3-2-4-7-15/h10,13,16H,2-9,11H2,1H3. The summed E-state index contributed by atoms with van der Waals surface area (Å²) in [6.07, 6.45) is 10.5. The number of hydrogen-bond donors (Lipinski definition) is 1. The molecule has 1 aliphatic carbocycles. The van der Waals surface area contributed by atoms with E-state index in [-0.39, 0.29) is 5.60 Å². The van der Waals surface area contributed by atoms with Crippen molar-refractivity contribution in [3.8, 4) is 0 Å². The van der Waals surface area contributed by atoms with Gasteiger partial charge < -0.3 is 14.5 Å². The van der Waals surface area contributed by atoms with E-state index in [0.717, 1.165) is 37.6 Å². The molecule has 0 aromatic carbocycles. The molecular formula is C15H24N2O2. The van der Waals surface area contributed by atoms with Crippen LogP contribution in [0.1, 0.15) is 56.6 Å². The van der Waals surface area contributed by atoms with Gasteiger partial charge in [-0.25, -0.2) is 4.98 Å². The predicted molar refractivity (Wildman–Crippen MR) is 72.9 cm³/mol. The van der Waals surface area contributed by atoms with Crippen molar-refractivity contribution in [3.63, 3.8) is 0 Å². The smallest absolute Gasteiger partial charge is 0.208 e. The summed E-state index contributed by atoms with van der Waals surface area (Å²) >= 11 is 0. The Morgan fingerprint density at radius 3 is 2.95 bits per heavy atom. The molecule has 2 heterocycles. The molecule has 4 nitrogen and oxygen atoms in total. The van der Waals surface area contributed by atoms with E-state index in [0.29, 0.717) is 6.04 Å². The third kappa shape index (κ3) is 3.18. The zero-order valence-corrected chi connectivity index (χ0v) is 11.8. The minimum atomic E-state index is 0.167. The highest BCUT2D eigenvalue weighted by Crippen LogP contribution is 2.38. The van der Waals surface area contributed by atoms with Crippen molar-refractivity contribution in [2.45, 2.75) is 70.1 Å². The number of ether oxygens (including phenoxy) is 1. The molecule has 0 amide bonds. The van der Waals surface area contributed by atoms with E-state index in [1.165, 1.54) is 32.1 Å². The lowest BCUT2D eigenvalue weighted by molar-refractivity contribution is -0.109. The van der Waals surface area contributed by atoms with Crippen LogP contribution < -0.4 is 5.32 Å². The predicted octanol–water partition coefficient (Wildman–Crippen LogP) is 2.95. The fraction of sp³-hybridized carbons (Fsp3) is 0.800. The van der Waals surface area contributed by atoms with Crippen LogP contribution in [0.15, 0.2) is 10.6 Å². The summed E-state index contributed by atoms with van der Waals surface area (Å²) in [5.74, 6) is 1.68. The molecule has 0 radical (unpaired) electrons. The van der Waals surface area contributed by atoms with Gasteiger partial charge in [0.2, 0.25) is 5.89 Å². The van der Waals surface area contributed by atoms with Gasteiger partial charge in [-0.1, -0.05) is 19.3 Å². The van der Waals surface area contributed by atoms with Crippen molar-refractivity contribution in [2.75, 3.05) is 6.61 Å². The molecule has 4 heteroatoms. The van der Waals surface area contributed by atoms with Crippen LogP contribution in [-0.2, 0) is 11.3 Å². The van der Waals surface area contributed by atoms with Crippen LogP contribution in [0.4, 0.5) is 0 Å². The zero-order valence-electron chi connectivity index (χ0n) is 11.8. The second-order valence-corrected chi connectivity index (χ2v) is 6.03. The highest BCUT2D eigenvalue weighted by molar-refractivity contribution is 4.94. The van der Waals surface area contributed by atoms with Gasteiger partial charge in [-0.05, 0) is 32.6 Å². The van der Waals surface area contributed by atoms with E-state index in [1.807, 2.05) is 6.92 Å². The van der Waals surface area contributed by atoms with Gasteiger partial charge >= 0.3 is 0 Å². The number of rotatable bonds is 3. The van der Waals surface area contributed by atoms with Gasteiger partial charge in [0.05, 0.1) is 18.3 Å². The molecule has 2 fully saturated rings. The minimum Gasteiger partial charge on any atom is -0.445 e. The van der Waals surface area contributed by atoms with Crippen molar-refractivity contribution in [3.05, 3.63) is 17.8 Å². The Morgan fingerprint density at radius 2 is 2.21 bits per heavy atom. The molecule has 2 aliphatic rings. The topological polar surface area (TPSA) is 47.3 Å². The first-order valence-corrected chi connectivity index (χ1v) is 7.54. The maximum Gasteiger partial charge on any atom is 0.208 e. The van der Waals surface area contributed by atoms with Crippen LogP contribution in [0, 0.1) is 6.92 Å². The Labute approximate surface area is 114 Å². The van der Waals surface area contributed by atoms with E-state index >= 15 is 0 Å². The molecule has 0 bridgehead atoms. The summed E-state index contributed by atoms with van der Waals surface area (Å²) in [7, 11) is 0. The molecule has 19 heavy (non-hydrogen) atoms. The largest absolute Gasteiger partial charge is 0.445 e. The van der Waals surface area contributed by atoms with Crippen molar-refractivity contribution in [1.82, 2.24) is 10.3 Å². The first kappa shape index (κ1) is 13.1. The molecular weight excluding hydrogens is 240 g/mol. The number of hydrogen-bond acceptors (Lipinski definition) is 4. The number of aromatic nitrogens is 1. The number of oxazole rings is 1. The van der Waals surface area contributed by atoms with Crippen molar-refractivity contribution in [1.29, 1.82) is 0 Å². The normalized spacial score (nSPS) is 26.7. The van der Waals surface area contributed by atoms with Crippen LogP contribution in [0.2, 0.25) is 0 Å². The first-order chi connectivity index (χ1) is 9.26. The first-order valence-electron chi connectivity index (χ1n) is 7.54. The lowest BCUT2D eigenvalue weighted by Crippen LogP contribution is -2.47. The highest BCUT2D eigenvalue weighted by atomic mass is 16.5. The monoisotopic (exact) mass is 264 g/mol. The van der Waals surface area contributed by atoms with Crippen LogP contribution in [0.25, 0.3) is 0 Å². The Kier molecular flexibility index (Phi) is 3.89. The molecule has 106 valence electrons. The van der Waals surface area contributed by atoms with Gasteiger partial charge in [-0.3, -0.25) is 0 Å². The van der Waals surface area contributed by atoms with Crippen LogP contribution >= 0.6 is 0 Å². The van der Waals surface area contributed by atoms with Gasteiger partial charge in [0, 0.05) is 12.6 Å². The van der Waals surface area contributed by atoms with Crippen LogP contribution in [0.5, 0.6) is 0 Å². The van der Waals surface area contributed by atoms with Gasteiger partial charge in [0.25, 0.3) is 0 Å². The Hall–Kier alpha value is -0.870. The molecule has 1 saturated heterocycles. The molecule has 1 atom stereocenters. The summed E-state index contributed by atoms with van der Waals surface area (Å²) in [6, 6.07) is 0.541. The summed E-state index contributed by atoms with van der Waals surface area (Å²) < 4.78 is 11.6. The Bertz CT molecular complexity index is 405. The number of nitrogens with zero attached hydrogens (tertiary/aromatic N) is 1. The average Bonchev–Trinajstić information content (AvgIpc) is 2.83. The third-order valence-corrected chi connectivity index (χ3v) is 4.47. The van der Waals surface area contributed by atoms with Crippen molar-refractivity contribution in [2.24, 2.45) is 0 Å². The third-order valence-electron chi connectivity index (χ3n) is 4.47. The molecule has 1 aliphatic heterocycles. The SMILES string of the molecule is Cc1cnc(CNC2CCOC3(CCCCC3)C2)o1. The van der Waals surface area contributed by atoms with E-state index in [9.17, 15) is 0 Å². The maximum absolute atomic E-state index is 6.11. The second kappa shape index (κ2) is 5.63. The van der Waals surface area contributed by atoms with E-state index in [1.54, 1.807) is 6.20 Å². The zero-order chi connectivity index (χ0) is 13.1. The molecule has 1 aromatic rings. The Morgan fingerprint density at radius 1 is 1.37 bits per heavy atom. The average molecular weight is 264 g/mol. The van der Waals surface area contributed by atoms with Crippen LogP contribution in [-0.4, -0.2) is 23.2 Å². The minimum absolute atomic E-state index is 0.167. The van der Waals surface area contributed by atoms with E-state index < -0.39 is 0 Å². The summed E-state index contributed by atoms with van der Waals surface area (Å²) in [4.78, 5) is 4.24. The lowest BCUT2D eigenvalue weighted by Gasteiger charge is -2.43. The van der Waals surface area contributed by atoms with Gasteiger partial charge in [0.15, 0.2) is 0 Å². The van der Waals surface area contributed by atoms with Crippen molar-refractivity contribution < 1.29 is 9.15 Å².